The van der Waals surface area contributed by atoms with Crippen LogP contribution in [0, 0.1) is 11.6 Å². The minimum absolute atomic E-state index is 0.0665. The van der Waals surface area contributed by atoms with E-state index in [4.69, 9.17) is 11.5 Å². The normalized spacial score (nSPS) is 12.2. The number of nitrogens with zero attached hydrogens (tertiary/aromatic N) is 6. The van der Waals surface area contributed by atoms with Gasteiger partial charge in [0.05, 0.1) is 17.4 Å². The first kappa shape index (κ1) is 22.3. The van der Waals surface area contributed by atoms with E-state index in [2.05, 4.69) is 25.0 Å². The second-order valence-corrected chi connectivity index (χ2v) is 8.07. The summed E-state index contributed by atoms with van der Waals surface area (Å²) in [5, 5.41) is 4.54. The van der Waals surface area contributed by atoms with Gasteiger partial charge in [0.15, 0.2) is 0 Å². The SMILES string of the molecule is CCC(c1ccccn1)c1c(N)nc(-n2nc(Cc3ccccc3F)c3ncc(F)cc32)nc1N. The Bertz CT molecular complexity index is 1490. The third-order valence-electron chi connectivity index (χ3n) is 5.86. The second kappa shape index (κ2) is 9.05. The average molecular weight is 473 g/mol. The Balaban J connectivity index is 1.63. The van der Waals surface area contributed by atoms with Gasteiger partial charge in [-0.25, -0.2) is 13.8 Å². The standard InChI is InChI=1S/C25H22F2N8/c1-2-16(18-9-5-6-10-30-18)21-23(28)32-25(33-24(21)29)35-20-12-15(26)13-31-22(20)19(34-35)11-14-7-3-4-8-17(14)27/h3-10,12-13,16H,2,11H2,1H3,(H4,28,29,32,33). The minimum Gasteiger partial charge on any atom is -0.383 e. The smallest absolute Gasteiger partial charge is 0.255 e. The van der Waals surface area contributed by atoms with Crippen molar-refractivity contribution in [1.29, 1.82) is 0 Å². The topological polar surface area (TPSA) is 121 Å². The maximum absolute atomic E-state index is 14.3. The average Bonchev–Trinajstić information content (AvgIpc) is 3.20. The Morgan fingerprint density at radius 2 is 1.71 bits per heavy atom. The van der Waals surface area contributed by atoms with Crippen LogP contribution in [-0.4, -0.2) is 29.7 Å². The molecule has 1 aromatic carbocycles. The highest BCUT2D eigenvalue weighted by Gasteiger charge is 2.24. The Kier molecular flexibility index (Phi) is 5.77. The Morgan fingerprint density at radius 1 is 0.971 bits per heavy atom. The third kappa shape index (κ3) is 4.14. The summed E-state index contributed by atoms with van der Waals surface area (Å²) in [5.41, 5.74) is 15.7. The van der Waals surface area contributed by atoms with Gasteiger partial charge >= 0.3 is 0 Å². The molecule has 0 radical (unpaired) electrons. The molecule has 176 valence electrons. The molecule has 1 unspecified atom stereocenters. The molecular weight excluding hydrogens is 450 g/mol. The highest BCUT2D eigenvalue weighted by Crippen LogP contribution is 2.34. The summed E-state index contributed by atoms with van der Waals surface area (Å²) in [6.07, 6.45) is 3.62. The van der Waals surface area contributed by atoms with Crippen molar-refractivity contribution in [3.63, 3.8) is 0 Å². The number of benzene rings is 1. The van der Waals surface area contributed by atoms with Gasteiger partial charge in [-0.05, 0) is 30.2 Å². The largest absolute Gasteiger partial charge is 0.383 e. The van der Waals surface area contributed by atoms with Gasteiger partial charge in [0.1, 0.15) is 28.8 Å². The van der Waals surface area contributed by atoms with Crippen molar-refractivity contribution in [3.8, 4) is 5.95 Å². The van der Waals surface area contributed by atoms with Crippen molar-refractivity contribution < 1.29 is 8.78 Å². The molecule has 10 heteroatoms. The van der Waals surface area contributed by atoms with Crippen molar-refractivity contribution in [2.45, 2.75) is 25.7 Å². The first-order valence-corrected chi connectivity index (χ1v) is 11.1. The highest BCUT2D eigenvalue weighted by molar-refractivity contribution is 5.79. The maximum Gasteiger partial charge on any atom is 0.255 e. The number of hydrogen-bond acceptors (Lipinski definition) is 7. The van der Waals surface area contributed by atoms with E-state index in [9.17, 15) is 8.78 Å². The van der Waals surface area contributed by atoms with E-state index in [-0.39, 0.29) is 35.7 Å². The van der Waals surface area contributed by atoms with Crippen LogP contribution < -0.4 is 11.5 Å². The van der Waals surface area contributed by atoms with Gasteiger partial charge in [-0.15, -0.1) is 0 Å². The quantitative estimate of drug-likeness (QED) is 0.380. The third-order valence-corrected chi connectivity index (χ3v) is 5.86. The van der Waals surface area contributed by atoms with Crippen LogP contribution in [0.5, 0.6) is 0 Å². The molecule has 35 heavy (non-hydrogen) atoms. The van der Waals surface area contributed by atoms with Gasteiger partial charge in [-0.2, -0.15) is 19.7 Å². The molecule has 4 heterocycles. The summed E-state index contributed by atoms with van der Waals surface area (Å²) in [4.78, 5) is 17.5. The lowest BCUT2D eigenvalue weighted by Gasteiger charge is -2.18. The van der Waals surface area contributed by atoms with E-state index in [0.29, 0.717) is 34.3 Å². The van der Waals surface area contributed by atoms with E-state index >= 15 is 0 Å². The molecule has 4 aromatic heterocycles. The number of pyridine rings is 2. The Labute approximate surface area is 199 Å². The molecule has 0 fully saturated rings. The number of fused-ring (bicyclic) bond motifs is 1. The zero-order valence-electron chi connectivity index (χ0n) is 18.9. The molecule has 0 bridgehead atoms. The Hall–Kier alpha value is -4.47. The number of nitrogen functional groups attached to an aromatic ring is 2. The van der Waals surface area contributed by atoms with Crippen LogP contribution in [0.4, 0.5) is 20.4 Å². The first-order chi connectivity index (χ1) is 17.0. The lowest BCUT2D eigenvalue weighted by molar-refractivity contribution is 0.613. The van der Waals surface area contributed by atoms with Crippen LogP contribution >= 0.6 is 0 Å². The highest BCUT2D eigenvalue weighted by atomic mass is 19.1. The predicted molar refractivity (Wildman–Crippen MR) is 129 cm³/mol. The van der Waals surface area contributed by atoms with Gasteiger partial charge < -0.3 is 11.5 Å². The Morgan fingerprint density at radius 3 is 2.40 bits per heavy atom. The fourth-order valence-electron chi connectivity index (χ4n) is 4.22. The van der Waals surface area contributed by atoms with E-state index in [1.54, 1.807) is 24.4 Å². The summed E-state index contributed by atoms with van der Waals surface area (Å²) >= 11 is 0. The zero-order valence-corrected chi connectivity index (χ0v) is 18.9. The van der Waals surface area contributed by atoms with Crippen molar-refractivity contribution in [2.75, 3.05) is 11.5 Å². The molecule has 0 amide bonds. The molecule has 0 aliphatic rings. The molecule has 0 aliphatic carbocycles. The van der Waals surface area contributed by atoms with Gasteiger partial charge in [-0.3, -0.25) is 4.98 Å². The van der Waals surface area contributed by atoms with Crippen LogP contribution in [0.1, 0.15) is 41.8 Å². The maximum atomic E-state index is 14.3. The summed E-state index contributed by atoms with van der Waals surface area (Å²) in [6, 6.07) is 13.3. The summed E-state index contributed by atoms with van der Waals surface area (Å²) in [7, 11) is 0. The number of rotatable bonds is 6. The lowest BCUT2D eigenvalue weighted by atomic mass is 9.93. The number of hydrogen-bond donors (Lipinski definition) is 2. The van der Waals surface area contributed by atoms with E-state index in [1.165, 1.54) is 16.8 Å². The molecule has 0 saturated carbocycles. The molecule has 0 saturated heterocycles. The van der Waals surface area contributed by atoms with Crippen molar-refractivity contribution in [1.82, 2.24) is 29.7 Å². The zero-order chi connectivity index (χ0) is 24.5. The van der Waals surface area contributed by atoms with Crippen LogP contribution in [0.3, 0.4) is 0 Å². The number of halogens is 2. The first-order valence-electron chi connectivity index (χ1n) is 11.1. The van der Waals surface area contributed by atoms with Gasteiger partial charge in [-0.1, -0.05) is 31.2 Å². The summed E-state index contributed by atoms with van der Waals surface area (Å²) < 4.78 is 29.8. The van der Waals surface area contributed by atoms with E-state index < -0.39 is 5.82 Å². The van der Waals surface area contributed by atoms with Crippen LogP contribution in [0.2, 0.25) is 0 Å². The van der Waals surface area contributed by atoms with Crippen molar-refractivity contribution >= 4 is 22.7 Å². The fraction of sp³-hybridized carbons (Fsp3) is 0.160. The molecule has 1 atom stereocenters. The molecule has 5 aromatic rings. The van der Waals surface area contributed by atoms with Gasteiger partial charge in [0.25, 0.3) is 5.95 Å². The van der Waals surface area contributed by atoms with Crippen molar-refractivity contribution in [2.24, 2.45) is 0 Å². The molecule has 5 rings (SSSR count). The van der Waals surface area contributed by atoms with Crippen LogP contribution in [0.15, 0.2) is 60.9 Å². The lowest BCUT2D eigenvalue weighted by Crippen LogP contribution is -2.15. The van der Waals surface area contributed by atoms with Crippen LogP contribution in [0.25, 0.3) is 17.0 Å². The predicted octanol–water partition coefficient (Wildman–Crippen LogP) is 4.18. The van der Waals surface area contributed by atoms with E-state index in [1.807, 2.05) is 25.1 Å². The fourth-order valence-corrected chi connectivity index (χ4v) is 4.22. The molecule has 4 N–H and O–H groups in total. The van der Waals surface area contributed by atoms with Crippen molar-refractivity contribution in [3.05, 3.63) is 95.1 Å². The molecular formula is C25H22F2N8. The summed E-state index contributed by atoms with van der Waals surface area (Å²) in [6.45, 7) is 2.00. The molecule has 0 spiro atoms. The van der Waals surface area contributed by atoms with Gasteiger partial charge in [0, 0.05) is 35.9 Å². The van der Waals surface area contributed by atoms with Gasteiger partial charge in [0.2, 0.25) is 0 Å². The minimum atomic E-state index is -0.560. The number of aromatic nitrogens is 6. The van der Waals surface area contributed by atoms with Crippen LogP contribution in [-0.2, 0) is 6.42 Å². The molecule has 8 nitrogen and oxygen atoms in total. The summed E-state index contributed by atoms with van der Waals surface area (Å²) in [5.74, 6) is -0.712. The molecule has 0 aliphatic heterocycles. The second-order valence-electron chi connectivity index (χ2n) is 8.07. The number of nitrogens with two attached hydrogens (primary N) is 2. The number of anilines is 2. The monoisotopic (exact) mass is 472 g/mol. The van der Waals surface area contributed by atoms with E-state index in [0.717, 1.165) is 11.9 Å².